The van der Waals surface area contributed by atoms with Gasteiger partial charge in [-0.2, -0.15) is 0 Å². The molecule has 25 heavy (non-hydrogen) atoms. The van der Waals surface area contributed by atoms with Crippen LogP contribution in [0.25, 0.3) is 21.7 Å². The Kier molecular flexibility index (Phi) is 4.05. The summed E-state index contributed by atoms with van der Waals surface area (Å²) in [6.07, 6.45) is 0. The third kappa shape index (κ3) is 3.05. The molecule has 0 radical (unpaired) electrons. The zero-order chi connectivity index (χ0) is 17.6. The van der Waals surface area contributed by atoms with Crippen molar-refractivity contribution in [2.75, 3.05) is 0 Å². The fourth-order valence-electron chi connectivity index (χ4n) is 2.62. The van der Waals surface area contributed by atoms with Crippen molar-refractivity contribution in [3.63, 3.8) is 0 Å². The van der Waals surface area contributed by atoms with Crippen molar-refractivity contribution < 1.29 is 4.42 Å². The third-order valence-corrected chi connectivity index (χ3v) is 5.89. The summed E-state index contributed by atoms with van der Waals surface area (Å²) in [6.45, 7) is 8.15. The van der Waals surface area contributed by atoms with Crippen LogP contribution in [0.2, 0.25) is 0 Å². The van der Waals surface area contributed by atoms with Crippen LogP contribution in [-0.2, 0) is 0 Å². The van der Waals surface area contributed by atoms with Gasteiger partial charge >= 0.3 is 0 Å². The zero-order valence-corrected chi connectivity index (χ0v) is 16.0. The minimum Gasteiger partial charge on any atom is -0.411 e. The van der Waals surface area contributed by atoms with Crippen LogP contribution < -0.4 is 0 Å². The van der Waals surface area contributed by atoms with Crippen molar-refractivity contribution in [1.82, 2.24) is 20.2 Å². The molecule has 3 aromatic heterocycles. The van der Waals surface area contributed by atoms with Crippen LogP contribution in [0.5, 0.6) is 0 Å². The van der Waals surface area contributed by atoms with E-state index in [0.29, 0.717) is 11.1 Å². The van der Waals surface area contributed by atoms with Crippen LogP contribution in [0.1, 0.15) is 21.8 Å². The van der Waals surface area contributed by atoms with E-state index in [-0.39, 0.29) is 0 Å². The highest BCUT2D eigenvalue weighted by Gasteiger charge is 2.17. The third-order valence-electron chi connectivity index (χ3n) is 3.96. The summed E-state index contributed by atoms with van der Waals surface area (Å²) in [5, 5.41) is 10.8. The minimum atomic E-state index is 0.485. The van der Waals surface area contributed by atoms with Gasteiger partial charge < -0.3 is 4.42 Å². The van der Waals surface area contributed by atoms with E-state index in [9.17, 15) is 0 Å². The Labute approximate surface area is 153 Å². The van der Waals surface area contributed by atoms with Crippen LogP contribution in [0.3, 0.4) is 0 Å². The molecule has 0 N–H and O–H groups in total. The highest BCUT2D eigenvalue weighted by atomic mass is 32.2. The topological polar surface area (TPSA) is 64.7 Å². The lowest BCUT2D eigenvalue weighted by atomic mass is 10.1. The van der Waals surface area contributed by atoms with Gasteiger partial charge in [0.25, 0.3) is 5.22 Å². The van der Waals surface area contributed by atoms with E-state index in [1.807, 2.05) is 38.1 Å². The van der Waals surface area contributed by atoms with Gasteiger partial charge in [-0.15, -0.1) is 21.5 Å². The van der Waals surface area contributed by atoms with Crippen LogP contribution in [0.15, 0.2) is 38.9 Å². The number of fused-ring (bicyclic) bond motifs is 1. The number of hydrogen-bond donors (Lipinski definition) is 0. The summed E-state index contributed by atoms with van der Waals surface area (Å²) in [5.41, 5.74) is 3.29. The van der Waals surface area contributed by atoms with Crippen LogP contribution >= 0.6 is 23.1 Å². The highest BCUT2D eigenvalue weighted by molar-refractivity contribution is 7.99. The Morgan fingerprint density at radius 2 is 1.88 bits per heavy atom. The number of benzene rings is 1. The molecule has 0 amide bonds. The predicted molar refractivity (Wildman–Crippen MR) is 100 cm³/mol. The molecule has 0 atom stereocenters. The molecule has 4 aromatic rings. The second-order valence-electron chi connectivity index (χ2n) is 5.88. The number of rotatable bonds is 3. The molecule has 4 rings (SSSR count). The molecule has 0 bridgehead atoms. The lowest BCUT2D eigenvalue weighted by Gasteiger charge is -2.02. The van der Waals surface area contributed by atoms with E-state index in [1.54, 1.807) is 11.3 Å². The zero-order valence-electron chi connectivity index (χ0n) is 14.3. The summed E-state index contributed by atoms with van der Waals surface area (Å²) < 4.78 is 5.85. The van der Waals surface area contributed by atoms with Crippen molar-refractivity contribution in [3.05, 3.63) is 46.1 Å². The molecular formula is C18H16N4OS2. The number of aryl methyl sites for hydroxylation is 4. The van der Waals surface area contributed by atoms with Crippen LogP contribution in [0, 0.1) is 27.7 Å². The predicted octanol–water partition coefficient (Wildman–Crippen LogP) is 5.13. The molecule has 0 saturated carbocycles. The van der Waals surface area contributed by atoms with Gasteiger partial charge in [-0.1, -0.05) is 17.7 Å². The van der Waals surface area contributed by atoms with E-state index in [0.717, 1.165) is 32.2 Å². The second-order valence-corrected chi connectivity index (χ2v) is 8.03. The lowest BCUT2D eigenvalue weighted by molar-refractivity contribution is 0.465. The first-order chi connectivity index (χ1) is 12.0. The van der Waals surface area contributed by atoms with E-state index in [2.05, 4.69) is 34.0 Å². The molecule has 0 aliphatic heterocycles. The lowest BCUT2D eigenvalue weighted by Crippen LogP contribution is -1.91. The summed E-state index contributed by atoms with van der Waals surface area (Å²) in [5.74, 6) is 1.26. The molecule has 0 fully saturated rings. The number of thiophene rings is 1. The fraction of sp³-hybridized carbons (Fsp3) is 0.222. The van der Waals surface area contributed by atoms with Crippen molar-refractivity contribution in [3.8, 4) is 11.5 Å². The Hall–Kier alpha value is -2.25. The Bertz CT molecular complexity index is 1080. The van der Waals surface area contributed by atoms with Crippen LogP contribution in [0.4, 0.5) is 0 Å². The molecule has 0 saturated heterocycles. The Morgan fingerprint density at radius 3 is 2.68 bits per heavy atom. The van der Waals surface area contributed by atoms with E-state index < -0.39 is 0 Å². The molecule has 5 nitrogen and oxygen atoms in total. The minimum absolute atomic E-state index is 0.485. The maximum absolute atomic E-state index is 5.85. The molecule has 0 aliphatic carbocycles. The van der Waals surface area contributed by atoms with Gasteiger partial charge in [-0.25, -0.2) is 9.97 Å². The van der Waals surface area contributed by atoms with Gasteiger partial charge in [0.15, 0.2) is 0 Å². The molecule has 3 heterocycles. The number of aromatic nitrogens is 4. The molecule has 1 aromatic carbocycles. The first-order valence-corrected chi connectivity index (χ1v) is 9.47. The van der Waals surface area contributed by atoms with Gasteiger partial charge in [-0.05, 0) is 57.2 Å². The normalized spacial score (nSPS) is 11.4. The van der Waals surface area contributed by atoms with E-state index >= 15 is 0 Å². The van der Waals surface area contributed by atoms with Crippen molar-refractivity contribution in [2.45, 2.75) is 37.9 Å². The smallest absolute Gasteiger partial charge is 0.283 e. The largest absolute Gasteiger partial charge is 0.411 e. The maximum atomic E-state index is 5.85. The van der Waals surface area contributed by atoms with Gasteiger partial charge in [0, 0.05) is 15.8 Å². The summed E-state index contributed by atoms with van der Waals surface area (Å²) >= 11 is 3.08. The summed E-state index contributed by atoms with van der Waals surface area (Å²) in [4.78, 5) is 11.4. The van der Waals surface area contributed by atoms with Gasteiger partial charge in [-0.3, -0.25) is 0 Å². The first-order valence-electron chi connectivity index (χ1n) is 7.84. The summed E-state index contributed by atoms with van der Waals surface area (Å²) in [7, 11) is 0. The molecule has 0 spiro atoms. The Morgan fingerprint density at radius 1 is 1.04 bits per heavy atom. The van der Waals surface area contributed by atoms with Crippen molar-refractivity contribution >= 4 is 33.3 Å². The molecule has 126 valence electrons. The summed E-state index contributed by atoms with van der Waals surface area (Å²) in [6, 6.07) is 8.02. The number of hydrogen-bond acceptors (Lipinski definition) is 7. The van der Waals surface area contributed by atoms with Gasteiger partial charge in [0.05, 0.1) is 0 Å². The molecule has 0 aliphatic rings. The monoisotopic (exact) mass is 368 g/mol. The highest BCUT2D eigenvalue weighted by Crippen LogP contribution is 2.38. The molecule has 7 heteroatoms. The maximum Gasteiger partial charge on any atom is 0.283 e. The quantitative estimate of drug-likeness (QED) is 0.467. The fourth-order valence-corrected chi connectivity index (χ4v) is 4.65. The Balaban J connectivity index is 1.73. The van der Waals surface area contributed by atoms with Crippen LogP contribution in [-0.4, -0.2) is 20.2 Å². The van der Waals surface area contributed by atoms with Crippen molar-refractivity contribution in [1.29, 1.82) is 0 Å². The van der Waals surface area contributed by atoms with E-state index in [1.165, 1.54) is 22.2 Å². The number of nitrogens with zero attached hydrogens (tertiary/aromatic N) is 4. The standard InChI is InChI=1S/C18H16N4OS2/c1-9-6-5-7-13(8-9)15-21-22-18(23-15)25-17-14-10(2)11(3)24-16(14)19-12(4)20-17/h5-8H,1-4H3. The molecule has 0 unspecified atom stereocenters. The van der Waals surface area contributed by atoms with E-state index in [4.69, 9.17) is 4.42 Å². The van der Waals surface area contributed by atoms with Gasteiger partial charge in [0.2, 0.25) is 5.89 Å². The van der Waals surface area contributed by atoms with Gasteiger partial charge in [0.1, 0.15) is 15.7 Å². The average molecular weight is 368 g/mol. The first kappa shape index (κ1) is 16.2. The molecular weight excluding hydrogens is 352 g/mol. The average Bonchev–Trinajstić information content (AvgIpc) is 3.13. The second kappa shape index (κ2) is 6.24. The van der Waals surface area contributed by atoms with Crippen molar-refractivity contribution in [2.24, 2.45) is 0 Å². The SMILES string of the molecule is Cc1cccc(-c2nnc(Sc3nc(C)nc4sc(C)c(C)c34)o2)c1.